The van der Waals surface area contributed by atoms with Crippen molar-refractivity contribution in [1.29, 1.82) is 0 Å². The lowest BCUT2D eigenvalue weighted by Crippen LogP contribution is -2.47. The molecule has 170 valence electrons. The molecule has 2 aromatic heterocycles. The van der Waals surface area contributed by atoms with Gasteiger partial charge in [0.25, 0.3) is 0 Å². The van der Waals surface area contributed by atoms with Crippen molar-refractivity contribution in [2.45, 2.75) is 43.9 Å². The van der Waals surface area contributed by atoms with Crippen LogP contribution in [0.5, 0.6) is 0 Å². The molecule has 0 unspecified atom stereocenters. The second kappa shape index (κ2) is 9.76. The zero-order valence-corrected chi connectivity index (χ0v) is 20.5. The van der Waals surface area contributed by atoms with Gasteiger partial charge < -0.3 is 4.90 Å². The summed E-state index contributed by atoms with van der Waals surface area (Å²) >= 11 is 2.92. The molecule has 0 spiro atoms. The molecule has 10 heteroatoms. The van der Waals surface area contributed by atoms with Crippen molar-refractivity contribution in [2.75, 3.05) is 17.3 Å². The predicted octanol–water partition coefficient (Wildman–Crippen LogP) is 3.90. The van der Waals surface area contributed by atoms with E-state index < -0.39 is 9.84 Å². The maximum Gasteiger partial charge on any atom is 0.233 e. The van der Waals surface area contributed by atoms with Crippen LogP contribution in [0.4, 0.5) is 0 Å². The largest absolute Gasteiger partial charge is 0.335 e. The van der Waals surface area contributed by atoms with Gasteiger partial charge >= 0.3 is 0 Å². The highest BCUT2D eigenvalue weighted by molar-refractivity contribution is 7.99. The Hall–Kier alpha value is -2.17. The average molecular weight is 491 g/mol. The number of hydrogen-bond donors (Lipinski definition) is 0. The molecule has 3 heterocycles. The Morgan fingerprint density at radius 3 is 2.66 bits per heavy atom. The fraction of sp³-hybridized carbons (Fsp3) is 0.409. The van der Waals surface area contributed by atoms with Gasteiger partial charge in [0.05, 0.1) is 22.1 Å². The number of nitrogens with zero attached hydrogens (tertiary/aromatic N) is 4. The molecule has 0 saturated carbocycles. The third-order valence-corrected chi connectivity index (χ3v) is 9.20. The molecule has 0 bridgehead atoms. The average Bonchev–Trinajstić information content (AvgIpc) is 3.52. The van der Waals surface area contributed by atoms with Crippen molar-refractivity contribution in [3.05, 3.63) is 47.8 Å². The van der Waals surface area contributed by atoms with Crippen LogP contribution in [-0.4, -0.2) is 63.3 Å². The number of carbonyl (C=O) groups is 1. The molecule has 1 fully saturated rings. The number of benzene rings is 1. The molecule has 4 rings (SSSR count). The summed E-state index contributed by atoms with van der Waals surface area (Å²) in [6.45, 7) is 4.00. The van der Waals surface area contributed by atoms with Crippen molar-refractivity contribution in [1.82, 2.24) is 19.7 Å². The summed E-state index contributed by atoms with van der Waals surface area (Å²) in [5, 5.41) is 11.4. The minimum Gasteiger partial charge on any atom is -0.335 e. The highest BCUT2D eigenvalue weighted by Crippen LogP contribution is 2.31. The van der Waals surface area contributed by atoms with E-state index in [2.05, 4.69) is 10.2 Å². The van der Waals surface area contributed by atoms with Gasteiger partial charge in [-0.3, -0.25) is 9.36 Å². The lowest BCUT2D eigenvalue weighted by Gasteiger charge is -2.33. The Balaban J connectivity index is 1.58. The third-order valence-electron chi connectivity index (χ3n) is 5.67. The number of carbonyl (C=O) groups excluding carboxylic acids is 1. The lowest BCUT2D eigenvalue weighted by atomic mass is 10.1. The summed E-state index contributed by atoms with van der Waals surface area (Å²) in [7, 11) is -3.07. The van der Waals surface area contributed by atoms with Crippen LogP contribution >= 0.6 is 23.1 Å². The Kier molecular flexibility index (Phi) is 7.02. The summed E-state index contributed by atoms with van der Waals surface area (Å²) in [5.74, 6) is 1.05. The molecule has 32 heavy (non-hydrogen) atoms. The van der Waals surface area contributed by atoms with Crippen LogP contribution in [0, 0.1) is 0 Å². The van der Waals surface area contributed by atoms with Crippen LogP contribution in [0.3, 0.4) is 0 Å². The van der Waals surface area contributed by atoms with Gasteiger partial charge in [-0.1, -0.05) is 43.0 Å². The van der Waals surface area contributed by atoms with E-state index in [9.17, 15) is 13.2 Å². The second-order valence-electron chi connectivity index (χ2n) is 7.86. The van der Waals surface area contributed by atoms with E-state index in [-0.39, 0.29) is 35.2 Å². The van der Waals surface area contributed by atoms with E-state index in [1.54, 1.807) is 16.2 Å². The highest BCUT2D eigenvalue weighted by atomic mass is 32.2. The Morgan fingerprint density at radius 1 is 1.25 bits per heavy atom. The van der Waals surface area contributed by atoms with Crippen molar-refractivity contribution < 1.29 is 13.2 Å². The molecule has 1 aliphatic rings. The fourth-order valence-corrected chi connectivity index (χ4v) is 7.17. The summed E-state index contributed by atoms with van der Waals surface area (Å²) in [4.78, 5) is 16.0. The molecular weight excluding hydrogens is 464 g/mol. The Labute approximate surface area is 196 Å². The lowest BCUT2D eigenvalue weighted by molar-refractivity contribution is -0.132. The van der Waals surface area contributed by atoms with Crippen LogP contribution in [0.15, 0.2) is 53.0 Å². The Bertz CT molecular complexity index is 1160. The quantitative estimate of drug-likeness (QED) is 0.445. The van der Waals surface area contributed by atoms with E-state index in [0.717, 1.165) is 22.8 Å². The van der Waals surface area contributed by atoms with Crippen LogP contribution in [0.25, 0.3) is 16.4 Å². The number of sulfone groups is 1. The topological polar surface area (TPSA) is 85.2 Å². The number of amides is 1. The van der Waals surface area contributed by atoms with E-state index in [1.165, 1.54) is 11.8 Å². The van der Waals surface area contributed by atoms with Crippen LogP contribution in [0.1, 0.15) is 26.7 Å². The van der Waals surface area contributed by atoms with Crippen LogP contribution < -0.4 is 0 Å². The standard InChI is InChI=1S/C22H26N4O3S3/c1-3-16(2)25(18-11-13-32(28,29)15-18)20(27)14-31-22-24-23-21(19-10-7-12-30-19)26(22)17-8-5-4-6-9-17/h4-10,12,16,18H,3,11,13-15H2,1-2H3/t16-,18-/m0/s1. The van der Waals surface area contributed by atoms with Gasteiger partial charge in [-0.05, 0) is 43.3 Å². The first kappa shape index (κ1) is 23.0. The number of rotatable bonds is 8. The van der Waals surface area contributed by atoms with E-state index >= 15 is 0 Å². The molecule has 7 nitrogen and oxygen atoms in total. The smallest absolute Gasteiger partial charge is 0.233 e. The molecule has 3 aromatic rings. The molecule has 1 saturated heterocycles. The van der Waals surface area contributed by atoms with Crippen molar-refractivity contribution >= 4 is 38.8 Å². The molecule has 0 radical (unpaired) electrons. The first-order valence-corrected chi connectivity index (χ1v) is 14.3. The number of thioether (sulfide) groups is 1. The molecule has 2 atom stereocenters. The minimum atomic E-state index is -3.07. The zero-order valence-electron chi connectivity index (χ0n) is 18.0. The fourth-order valence-electron chi connectivity index (χ4n) is 3.94. The van der Waals surface area contributed by atoms with E-state index in [0.29, 0.717) is 11.6 Å². The van der Waals surface area contributed by atoms with Gasteiger partial charge in [-0.15, -0.1) is 21.5 Å². The maximum atomic E-state index is 13.3. The van der Waals surface area contributed by atoms with Crippen LogP contribution in [-0.2, 0) is 14.6 Å². The zero-order chi connectivity index (χ0) is 22.7. The SMILES string of the molecule is CC[C@H](C)N(C(=O)CSc1nnc(-c2cccs2)n1-c1ccccc1)[C@H]1CCS(=O)(=O)C1. The summed E-state index contributed by atoms with van der Waals surface area (Å²) in [5.41, 5.74) is 0.927. The molecule has 1 aliphatic heterocycles. The summed E-state index contributed by atoms with van der Waals surface area (Å²) in [6, 6.07) is 13.5. The molecule has 1 aromatic carbocycles. The van der Waals surface area contributed by atoms with Gasteiger partial charge in [0.15, 0.2) is 20.8 Å². The number of aromatic nitrogens is 3. The number of hydrogen-bond acceptors (Lipinski definition) is 7. The van der Waals surface area contributed by atoms with Gasteiger partial charge in [0.1, 0.15) is 0 Å². The van der Waals surface area contributed by atoms with E-state index in [4.69, 9.17) is 0 Å². The Morgan fingerprint density at radius 2 is 2.03 bits per heavy atom. The van der Waals surface area contributed by atoms with Gasteiger partial charge in [0, 0.05) is 17.8 Å². The number of thiophene rings is 1. The third kappa shape index (κ3) is 4.92. The molecular formula is C22H26N4O3S3. The second-order valence-corrected chi connectivity index (χ2v) is 12.0. The first-order chi connectivity index (χ1) is 15.4. The molecule has 0 N–H and O–H groups in total. The molecule has 0 aliphatic carbocycles. The summed E-state index contributed by atoms with van der Waals surface area (Å²) < 4.78 is 26.0. The normalized spacial score (nSPS) is 18.5. The number of para-hydroxylation sites is 1. The van der Waals surface area contributed by atoms with Gasteiger partial charge in [0.2, 0.25) is 5.91 Å². The first-order valence-electron chi connectivity index (χ1n) is 10.6. The van der Waals surface area contributed by atoms with Gasteiger partial charge in [-0.25, -0.2) is 8.42 Å². The maximum absolute atomic E-state index is 13.3. The van der Waals surface area contributed by atoms with Crippen LogP contribution in [0.2, 0.25) is 0 Å². The van der Waals surface area contributed by atoms with Crippen molar-refractivity contribution in [3.8, 4) is 16.4 Å². The van der Waals surface area contributed by atoms with Gasteiger partial charge in [-0.2, -0.15) is 0 Å². The predicted molar refractivity (Wildman–Crippen MR) is 129 cm³/mol. The monoisotopic (exact) mass is 490 g/mol. The highest BCUT2D eigenvalue weighted by Gasteiger charge is 2.36. The van der Waals surface area contributed by atoms with Crippen molar-refractivity contribution in [3.63, 3.8) is 0 Å². The minimum absolute atomic E-state index is 0.0185. The molecule has 1 amide bonds. The van der Waals surface area contributed by atoms with Crippen molar-refractivity contribution in [2.24, 2.45) is 0 Å². The summed E-state index contributed by atoms with van der Waals surface area (Å²) in [6.07, 6.45) is 1.28. The van der Waals surface area contributed by atoms with E-state index in [1.807, 2.05) is 66.3 Å².